The van der Waals surface area contributed by atoms with Gasteiger partial charge >= 0.3 is 0 Å². The van der Waals surface area contributed by atoms with Crippen LogP contribution in [0.4, 0.5) is 11.4 Å². The summed E-state index contributed by atoms with van der Waals surface area (Å²) >= 11 is 0. The van der Waals surface area contributed by atoms with Gasteiger partial charge in [0.1, 0.15) is 11.4 Å². The lowest BCUT2D eigenvalue weighted by Gasteiger charge is -2.03. The molecule has 0 saturated carbocycles. The van der Waals surface area contributed by atoms with Crippen molar-refractivity contribution in [3.8, 4) is 5.75 Å². The molecule has 2 aromatic rings. The summed E-state index contributed by atoms with van der Waals surface area (Å²) < 4.78 is 0. The van der Waals surface area contributed by atoms with E-state index in [1.54, 1.807) is 43.5 Å². The number of carbonyl (C=O) groups excluding carboxylic acids is 1. The number of hydrogen-bond donors (Lipinski definition) is 2. The molecule has 3 rings (SSSR count). The molecule has 2 N–H and O–H groups in total. The van der Waals surface area contributed by atoms with Gasteiger partial charge in [-0.05, 0) is 23.8 Å². The summed E-state index contributed by atoms with van der Waals surface area (Å²) in [7, 11) is 1.61. The highest BCUT2D eigenvalue weighted by molar-refractivity contribution is 6.16. The Hall–Kier alpha value is -3.15. The third kappa shape index (κ3) is 2.55. The summed E-state index contributed by atoms with van der Waals surface area (Å²) in [4.78, 5) is 23.0. The fourth-order valence-electron chi connectivity index (χ4n) is 2.74. The van der Waals surface area contributed by atoms with Gasteiger partial charge in [0.2, 0.25) is 0 Å². The van der Waals surface area contributed by atoms with Crippen molar-refractivity contribution in [3.05, 3.63) is 68.8 Å². The summed E-state index contributed by atoms with van der Waals surface area (Å²) in [6, 6.07) is 9.58. The average Bonchev–Trinajstić information content (AvgIpc) is 2.85. The van der Waals surface area contributed by atoms with E-state index >= 15 is 0 Å². The van der Waals surface area contributed by atoms with Gasteiger partial charge in [-0.1, -0.05) is 18.2 Å². The normalized spacial score (nSPS) is 14.8. The van der Waals surface area contributed by atoms with E-state index in [-0.39, 0.29) is 17.2 Å². The number of ketones is 1. The van der Waals surface area contributed by atoms with Crippen LogP contribution in [0.25, 0.3) is 6.08 Å². The monoisotopic (exact) mass is 310 g/mol. The number of allylic oxidation sites excluding steroid dienone is 1. The Kier molecular flexibility index (Phi) is 3.57. The molecular weight excluding hydrogens is 296 g/mol. The maximum atomic E-state index is 12.4. The Balaban J connectivity index is 2.01. The van der Waals surface area contributed by atoms with E-state index in [0.29, 0.717) is 34.4 Å². The van der Waals surface area contributed by atoms with E-state index in [9.17, 15) is 20.0 Å². The molecule has 0 fully saturated rings. The molecule has 6 nitrogen and oxygen atoms in total. The smallest absolute Gasteiger partial charge is 0.292 e. The van der Waals surface area contributed by atoms with Gasteiger partial charge in [0.25, 0.3) is 5.69 Å². The van der Waals surface area contributed by atoms with Crippen LogP contribution in [0.3, 0.4) is 0 Å². The molecule has 0 radical (unpaired) electrons. The Morgan fingerprint density at radius 3 is 2.74 bits per heavy atom. The fraction of sp³-hybridized carbons (Fsp3) is 0.118. The lowest BCUT2D eigenvalue weighted by Crippen LogP contribution is -1.98. The standard InChI is InChI=1S/C17H14N2O4/c1-18-14-6-5-10(8-15(14)19(22)23)7-11-9-13-12(17(11)21)3-2-4-16(13)20/h2-8,18,20H,9H2,1H3/b11-7-. The van der Waals surface area contributed by atoms with Crippen molar-refractivity contribution in [3.63, 3.8) is 0 Å². The number of carbonyl (C=O) groups is 1. The largest absolute Gasteiger partial charge is 0.508 e. The van der Waals surface area contributed by atoms with Gasteiger partial charge in [-0.15, -0.1) is 0 Å². The molecule has 116 valence electrons. The Labute approximate surface area is 132 Å². The zero-order valence-corrected chi connectivity index (χ0v) is 12.4. The second-order valence-electron chi connectivity index (χ2n) is 5.26. The highest BCUT2D eigenvalue weighted by atomic mass is 16.6. The predicted molar refractivity (Wildman–Crippen MR) is 86.8 cm³/mol. The topological polar surface area (TPSA) is 92.5 Å². The van der Waals surface area contributed by atoms with E-state index in [1.165, 1.54) is 6.07 Å². The van der Waals surface area contributed by atoms with Crippen molar-refractivity contribution in [2.45, 2.75) is 6.42 Å². The van der Waals surface area contributed by atoms with Crippen molar-refractivity contribution in [2.24, 2.45) is 0 Å². The quantitative estimate of drug-likeness (QED) is 0.516. The number of hydrogen-bond acceptors (Lipinski definition) is 5. The summed E-state index contributed by atoms with van der Waals surface area (Å²) in [5.74, 6) is -0.0630. The molecule has 2 aromatic carbocycles. The molecule has 0 unspecified atom stereocenters. The van der Waals surface area contributed by atoms with Gasteiger partial charge in [-0.2, -0.15) is 0 Å². The summed E-state index contributed by atoms with van der Waals surface area (Å²) in [5.41, 5.74) is 2.53. The van der Waals surface area contributed by atoms with Crippen LogP contribution in [0.2, 0.25) is 0 Å². The van der Waals surface area contributed by atoms with Gasteiger partial charge in [0.15, 0.2) is 5.78 Å². The zero-order valence-electron chi connectivity index (χ0n) is 12.4. The van der Waals surface area contributed by atoms with Gasteiger partial charge in [-0.3, -0.25) is 14.9 Å². The number of phenolic OH excluding ortho intramolecular Hbond substituents is 1. The van der Waals surface area contributed by atoms with Crippen LogP contribution in [0.5, 0.6) is 5.75 Å². The molecular formula is C17H14N2O4. The van der Waals surface area contributed by atoms with Crippen molar-refractivity contribution < 1.29 is 14.8 Å². The van der Waals surface area contributed by atoms with E-state index in [4.69, 9.17) is 0 Å². The van der Waals surface area contributed by atoms with Gasteiger partial charge < -0.3 is 10.4 Å². The summed E-state index contributed by atoms with van der Waals surface area (Å²) in [6.07, 6.45) is 1.95. The van der Waals surface area contributed by atoms with Crippen molar-refractivity contribution in [1.82, 2.24) is 0 Å². The van der Waals surface area contributed by atoms with E-state index in [0.717, 1.165) is 0 Å². The number of nitrogens with one attached hydrogen (secondary N) is 1. The molecule has 0 aliphatic heterocycles. The summed E-state index contributed by atoms with van der Waals surface area (Å²) in [6.45, 7) is 0. The first-order valence-electron chi connectivity index (χ1n) is 7.03. The minimum atomic E-state index is -0.467. The number of nitro groups is 1. The Morgan fingerprint density at radius 2 is 2.09 bits per heavy atom. The molecule has 0 bridgehead atoms. The molecule has 1 aliphatic carbocycles. The minimum absolute atomic E-state index is 0.0485. The molecule has 23 heavy (non-hydrogen) atoms. The number of fused-ring (bicyclic) bond motifs is 1. The van der Waals surface area contributed by atoms with Gasteiger partial charge in [0.05, 0.1) is 4.92 Å². The molecule has 0 aromatic heterocycles. The molecule has 0 spiro atoms. The number of nitrogens with zero attached hydrogens (tertiary/aromatic N) is 1. The van der Waals surface area contributed by atoms with Crippen LogP contribution < -0.4 is 5.32 Å². The van der Waals surface area contributed by atoms with Crippen molar-refractivity contribution >= 4 is 23.2 Å². The van der Waals surface area contributed by atoms with Crippen LogP contribution in [-0.2, 0) is 6.42 Å². The molecule has 0 saturated heterocycles. The number of Topliss-reactive ketones (excluding diaryl/α,β-unsaturated/α-hetero) is 1. The fourth-order valence-corrected chi connectivity index (χ4v) is 2.74. The van der Waals surface area contributed by atoms with Crippen LogP contribution in [0.15, 0.2) is 42.0 Å². The Bertz CT molecular complexity index is 856. The van der Waals surface area contributed by atoms with Crippen LogP contribution in [0, 0.1) is 10.1 Å². The molecule has 1 aliphatic rings. The van der Waals surface area contributed by atoms with Gasteiger partial charge in [0, 0.05) is 36.2 Å². The molecule has 0 heterocycles. The van der Waals surface area contributed by atoms with Crippen LogP contribution in [0.1, 0.15) is 21.5 Å². The third-order valence-corrected chi connectivity index (χ3v) is 3.88. The first kappa shape index (κ1) is 14.8. The molecule has 0 atom stereocenters. The maximum Gasteiger partial charge on any atom is 0.292 e. The lowest BCUT2D eigenvalue weighted by molar-refractivity contribution is -0.383. The SMILES string of the molecule is CNc1ccc(/C=C2/Cc3c(O)cccc3C2=O)cc1[N+](=O)[O-]. The number of aromatic hydroxyl groups is 1. The molecule has 0 amide bonds. The number of anilines is 1. The number of nitro benzene ring substituents is 1. The highest BCUT2D eigenvalue weighted by Crippen LogP contribution is 2.34. The second-order valence-corrected chi connectivity index (χ2v) is 5.26. The number of benzene rings is 2. The maximum absolute atomic E-state index is 12.4. The number of phenols is 1. The van der Waals surface area contributed by atoms with E-state index in [1.807, 2.05) is 0 Å². The first-order chi connectivity index (χ1) is 11.0. The zero-order chi connectivity index (χ0) is 16.6. The van der Waals surface area contributed by atoms with Crippen molar-refractivity contribution in [2.75, 3.05) is 12.4 Å². The lowest BCUT2D eigenvalue weighted by atomic mass is 10.1. The highest BCUT2D eigenvalue weighted by Gasteiger charge is 2.27. The molecule has 6 heteroatoms. The minimum Gasteiger partial charge on any atom is -0.508 e. The second kappa shape index (κ2) is 5.57. The first-order valence-corrected chi connectivity index (χ1v) is 7.03. The van der Waals surface area contributed by atoms with E-state index < -0.39 is 4.92 Å². The van der Waals surface area contributed by atoms with Gasteiger partial charge in [-0.25, -0.2) is 0 Å². The number of rotatable bonds is 3. The van der Waals surface area contributed by atoms with Crippen molar-refractivity contribution in [1.29, 1.82) is 0 Å². The van der Waals surface area contributed by atoms with Crippen LogP contribution in [-0.4, -0.2) is 22.9 Å². The Morgan fingerprint density at radius 1 is 1.30 bits per heavy atom. The predicted octanol–water partition coefficient (Wildman–Crippen LogP) is 3.16. The van der Waals surface area contributed by atoms with Crippen LogP contribution >= 0.6 is 0 Å². The van der Waals surface area contributed by atoms with E-state index in [2.05, 4.69) is 5.32 Å². The third-order valence-electron chi connectivity index (χ3n) is 3.88. The summed E-state index contributed by atoms with van der Waals surface area (Å²) in [5, 5.41) is 23.7. The average molecular weight is 310 g/mol.